The predicted octanol–water partition coefficient (Wildman–Crippen LogP) is -0.108. The van der Waals surface area contributed by atoms with Crippen LogP contribution in [0.15, 0.2) is 23.5 Å². The molecule has 48 valence electrons. The van der Waals surface area contributed by atoms with Crippen molar-refractivity contribution in [1.29, 1.82) is 0 Å². The van der Waals surface area contributed by atoms with Crippen LogP contribution in [0.4, 0.5) is 0 Å². The van der Waals surface area contributed by atoms with Crippen LogP contribution in [0.2, 0.25) is 0 Å². The highest BCUT2D eigenvalue weighted by Crippen LogP contribution is 2.11. The first kappa shape index (κ1) is 4.88. The number of allylic oxidation sites excluding steroid dienone is 1. The standard InChI is InChI=1S/C6H8N2O/c1-2-7-3-5-4-9-8-6(1)5/h1-2,7-8H,3-4H2. The van der Waals surface area contributed by atoms with Crippen molar-refractivity contribution >= 4 is 0 Å². The van der Waals surface area contributed by atoms with E-state index in [9.17, 15) is 0 Å². The van der Waals surface area contributed by atoms with Gasteiger partial charge in [0.15, 0.2) is 0 Å². The number of dihydropyridines is 1. The van der Waals surface area contributed by atoms with Gasteiger partial charge in [0.25, 0.3) is 0 Å². The molecular formula is C6H8N2O. The molecule has 2 rings (SSSR count). The van der Waals surface area contributed by atoms with E-state index < -0.39 is 0 Å². The van der Waals surface area contributed by atoms with Gasteiger partial charge in [0.05, 0.1) is 12.3 Å². The molecule has 3 heteroatoms. The largest absolute Gasteiger partial charge is 0.387 e. The highest BCUT2D eigenvalue weighted by Gasteiger charge is 2.13. The minimum atomic E-state index is 0.715. The molecule has 2 N–H and O–H groups in total. The van der Waals surface area contributed by atoms with Crippen molar-refractivity contribution in [2.75, 3.05) is 13.2 Å². The Morgan fingerprint density at radius 1 is 1.56 bits per heavy atom. The Labute approximate surface area is 53.3 Å². The van der Waals surface area contributed by atoms with Gasteiger partial charge in [0.1, 0.15) is 0 Å². The van der Waals surface area contributed by atoms with E-state index in [1.54, 1.807) is 0 Å². The van der Waals surface area contributed by atoms with Gasteiger partial charge in [-0.2, -0.15) is 0 Å². The lowest BCUT2D eigenvalue weighted by Crippen LogP contribution is -2.15. The summed E-state index contributed by atoms with van der Waals surface area (Å²) in [5.41, 5.74) is 5.23. The zero-order valence-electron chi connectivity index (χ0n) is 4.98. The molecule has 2 aliphatic rings. The van der Waals surface area contributed by atoms with Crippen LogP contribution >= 0.6 is 0 Å². The third-order valence-electron chi connectivity index (χ3n) is 1.49. The lowest BCUT2D eigenvalue weighted by Gasteiger charge is -2.06. The van der Waals surface area contributed by atoms with Gasteiger partial charge in [-0.25, -0.2) is 0 Å². The number of hydrogen-bond donors (Lipinski definition) is 2. The van der Waals surface area contributed by atoms with Gasteiger partial charge in [-0.3, -0.25) is 10.3 Å². The molecule has 0 atom stereocenters. The maximum atomic E-state index is 4.98. The van der Waals surface area contributed by atoms with E-state index in [1.165, 1.54) is 5.57 Å². The third kappa shape index (κ3) is 0.695. The van der Waals surface area contributed by atoms with Crippen molar-refractivity contribution in [3.63, 3.8) is 0 Å². The lowest BCUT2D eigenvalue weighted by molar-refractivity contribution is 0.108. The van der Waals surface area contributed by atoms with E-state index in [0.29, 0.717) is 6.61 Å². The second-order valence-corrected chi connectivity index (χ2v) is 2.12. The monoisotopic (exact) mass is 124 g/mol. The van der Waals surface area contributed by atoms with E-state index in [4.69, 9.17) is 4.84 Å². The minimum Gasteiger partial charge on any atom is -0.387 e. The van der Waals surface area contributed by atoms with Gasteiger partial charge in [-0.1, -0.05) is 0 Å². The average molecular weight is 124 g/mol. The quantitative estimate of drug-likeness (QED) is 0.473. The highest BCUT2D eigenvalue weighted by molar-refractivity contribution is 5.30. The Morgan fingerprint density at radius 2 is 2.56 bits per heavy atom. The molecule has 0 aromatic carbocycles. The number of nitrogens with one attached hydrogen (secondary N) is 2. The Balaban J connectivity index is 2.28. The molecule has 2 heterocycles. The summed E-state index contributed by atoms with van der Waals surface area (Å²) in [7, 11) is 0. The van der Waals surface area contributed by atoms with Crippen LogP contribution in [0.25, 0.3) is 0 Å². The van der Waals surface area contributed by atoms with Crippen LogP contribution in [0, 0.1) is 0 Å². The van der Waals surface area contributed by atoms with Gasteiger partial charge in [0.2, 0.25) is 0 Å². The first-order valence-corrected chi connectivity index (χ1v) is 2.96. The zero-order valence-corrected chi connectivity index (χ0v) is 4.98. The van der Waals surface area contributed by atoms with Crippen molar-refractivity contribution in [3.05, 3.63) is 23.5 Å². The van der Waals surface area contributed by atoms with E-state index in [0.717, 1.165) is 12.2 Å². The predicted molar refractivity (Wildman–Crippen MR) is 33.3 cm³/mol. The van der Waals surface area contributed by atoms with Crippen molar-refractivity contribution in [2.24, 2.45) is 0 Å². The molecule has 0 amide bonds. The van der Waals surface area contributed by atoms with E-state index >= 15 is 0 Å². The fourth-order valence-corrected chi connectivity index (χ4v) is 0.973. The van der Waals surface area contributed by atoms with Gasteiger partial charge < -0.3 is 5.32 Å². The van der Waals surface area contributed by atoms with Crippen LogP contribution in [-0.2, 0) is 4.84 Å². The summed E-state index contributed by atoms with van der Waals surface area (Å²) in [5, 5.41) is 3.10. The van der Waals surface area contributed by atoms with E-state index in [-0.39, 0.29) is 0 Å². The molecule has 0 aromatic heterocycles. The second kappa shape index (κ2) is 1.77. The van der Waals surface area contributed by atoms with Crippen LogP contribution in [0.1, 0.15) is 0 Å². The molecule has 2 aliphatic heterocycles. The lowest BCUT2D eigenvalue weighted by atomic mass is 10.2. The van der Waals surface area contributed by atoms with Crippen molar-refractivity contribution < 1.29 is 4.84 Å². The maximum absolute atomic E-state index is 4.98. The highest BCUT2D eigenvalue weighted by atomic mass is 16.6. The van der Waals surface area contributed by atoms with Gasteiger partial charge in [0, 0.05) is 12.1 Å². The van der Waals surface area contributed by atoms with E-state index in [1.807, 2.05) is 12.3 Å². The molecule has 0 bridgehead atoms. The number of hydroxylamine groups is 1. The normalized spacial score (nSPS) is 23.1. The van der Waals surface area contributed by atoms with Crippen LogP contribution < -0.4 is 10.8 Å². The first-order chi connectivity index (χ1) is 4.47. The van der Waals surface area contributed by atoms with Crippen LogP contribution in [0.5, 0.6) is 0 Å². The molecule has 0 unspecified atom stereocenters. The summed E-state index contributed by atoms with van der Waals surface area (Å²) in [5.74, 6) is 0. The molecular weight excluding hydrogens is 116 g/mol. The Kier molecular flexibility index (Phi) is 0.960. The zero-order chi connectivity index (χ0) is 6.10. The first-order valence-electron chi connectivity index (χ1n) is 2.96. The number of rotatable bonds is 0. The molecule has 0 aliphatic carbocycles. The minimum absolute atomic E-state index is 0.715. The summed E-state index contributed by atoms with van der Waals surface area (Å²) in [4.78, 5) is 4.98. The van der Waals surface area contributed by atoms with Gasteiger partial charge in [-0.05, 0) is 12.3 Å². The molecule has 0 fully saturated rings. The summed E-state index contributed by atoms with van der Waals surface area (Å²) >= 11 is 0. The molecule has 0 saturated carbocycles. The van der Waals surface area contributed by atoms with E-state index in [2.05, 4.69) is 10.8 Å². The Morgan fingerprint density at radius 3 is 3.44 bits per heavy atom. The van der Waals surface area contributed by atoms with Crippen LogP contribution in [-0.4, -0.2) is 13.2 Å². The summed E-state index contributed by atoms with van der Waals surface area (Å²) in [6.07, 6.45) is 3.90. The second-order valence-electron chi connectivity index (χ2n) is 2.12. The number of hydrogen-bond acceptors (Lipinski definition) is 3. The van der Waals surface area contributed by atoms with Gasteiger partial charge >= 0.3 is 0 Å². The molecule has 0 radical (unpaired) electrons. The molecule has 0 aromatic rings. The summed E-state index contributed by atoms with van der Waals surface area (Å²) < 4.78 is 0. The topological polar surface area (TPSA) is 33.3 Å². The third-order valence-corrected chi connectivity index (χ3v) is 1.49. The van der Waals surface area contributed by atoms with Crippen LogP contribution in [0.3, 0.4) is 0 Å². The molecule has 3 nitrogen and oxygen atoms in total. The van der Waals surface area contributed by atoms with Crippen molar-refractivity contribution in [2.45, 2.75) is 0 Å². The maximum Gasteiger partial charge on any atom is 0.0997 e. The van der Waals surface area contributed by atoms with Gasteiger partial charge in [-0.15, -0.1) is 0 Å². The fraction of sp³-hybridized carbons (Fsp3) is 0.333. The van der Waals surface area contributed by atoms with Crippen molar-refractivity contribution in [3.8, 4) is 0 Å². The SMILES string of the molecule is C1=CC2=C(CN1)CON2. The molecule has 0 spiro atoms. The Hall–Kier alpha value is -0.960. The smallest absolute Gasteiger partial charge is 0.0997 e. The van der Waals surface area contributed by atoms with Crippen molar-refractivity contribution in [1.82, 2.24) is 10.8 Å². The summed E-state index contributed by atoms with van der Waals surface area (Å²) in [6.45, 7) is 1.63. The fourth-order valence-electron chi connectivity index (χ4n) is 0.973. The Bertz CT molecular complexity index is 183. The molecule has 9 heavy (non-hydrogen) atoms. The average Bonchev–Trinajstić information content (AvgIpc) is 2.33. The summed E-state index contributed by atoms with van der Waals surface area (Å²) in [6, 6.07) is 0. The molecule has 0 saturated heterocycles.